The fourth-order valence-corrected chi connectivity index (χ4v) is 2.69. The minimum absolute atomic E-state index is 0.232. The van der Waals surface area contributed by atoms with Gasteiger partial charge in [-0.25, -0.2) is 0 Å². The number of nitrogens with one attached hydrogen (secondary N) is 2. The number of hydrogen-bond acceptors (Lipinski definition) is 1. The molecule has 0 aromatic heterocycles. The molecule has 0 spiro atoms. The van der Waals surface area contributed by atoms with Crippen LogP contribution in [0.4, 0.5) is 5.69 Å². The van der Waals surface area contributed by atoms with Gasteiger partial charge in [-0.1, -0.05) is 43.3 Å². The molecule has 2 aromatic rings. The van der Waals surface area contributed by atoms with Gasteiger partial charge in [0.25, 0.3) is 0 Å². The van der Waals surface area contributed by atoms with Crippen molar-refractivity contribution >= 4 is 23.0 Å². The summed E-state index contributed by atoms with van der Waals surface area (Å²) in [7, 11) is 0. The zero-order valence-electron chi connectivity index (χ0n) is 12.8. The van der Waals surface area contributed by atoms with Crippen LogP contribution in [-0.2, 0) is 0 Å². The molecule has 0 fully saturated rings. The molecule has 0 aliphatic rings. The van der Waals surface area contributed by atoms with E-state index < -0.39 is 0 Å². The van der Waals surface area contributed by atoms with Crippen LogP contribution in [0.3, 0.4) is 0 Å². The van der Waals surface area contributed by atoms with Gasteiger partial charge in [-0.3, -0.25) is 0 Å². The van der Waals surface area contributed by atoms with Crippen LogP contribution in [0.1, 0.15) is 36.1 Å². The fraction of sp³-hybridized carbons (Fsp3) is 0.278. The average Bonchev–Trinajstić information content (AvgIpc) is 2.45. The van der Waals surface area contributed by atoms with Gasteiger partial charge in [-0.15, -0.1) is 0 Å². The van der Waals surface area contributed by atoms with Crippen molar-refractivity contribution in [3.8, 4) is 0 Å². The van der Waals surface area contributed by atoms with Gasteiger partial charge in [0.05, 0.1) is 6.04 Å². The second-order valence-electron chi connectivity index (χ2n) is 5.29. The Balaban J connectivity index is 2.05. The Labute approximate surface area is 132 Å². The van der Waals surface area contributed by atoms with Crippen molar-refractivity contribution in [2.75, 3.05) is 5.32 Å². The number of aryl methyl sites for hydroxylation is 2. The molecular weight excluding hydrogens is 276 g/mol. The van der Waals surface area contributed by atoms with E-state index in [1.54, 1.807) is 0 Å². The number of benzene rings is 2. The minimum Gasteiger partial charge on any atom is -0.356 e. The molecule has 1 atom stereocenters. The van der Waals surface area contributed by atoms with Crippen molar-refractivity contribution in [2.45, 2.75) is 33.2 Å². The van der Waals surface area contributed by atoms with Crippen molar-refractivity contribution in [3.05, 3.63) is 65.2 Å². The summed E-state index contributed by atoms with van der Waals surface area (Å²) >= 11 is 5.44. The van der Waals surface area contributed by atoms with Crippen LogP contribution >= 0.6 is 12.2 Å². The quantitative estimate of drug-likeness (QED) is 0.797. The molecular formula is C18H22N2S. The van der Waals surface area contributed by atoms with E-state index in [9.17, 15) is 0 Å². The lowest BCUT2D eigenvalue weighted by Gasteiger charge is -2.21. The molecule has 0 bridgehead atoms. The van der Waals surface area contributed by atoms with Crippen molar-refractivity contribution < 1.29 is 0 Å². The summed E-state index contributed by atoms with van der Waals surface area (Å²) in [5.74, 6) is 0. The monoisotopic (exact) mass is 298 g/mol. The second kappa shape index (κ2) is 7.23. The molecule has 0 amide bonds. The van der Waals surface area contributed by atoms with Crippen molar-refractivity contribution in [2.24, 2.45) is 0 Å². The highest BCUT2D eigenvalue weighted by atomic mass is 32.1. The van der Waals surface area contributed by atoms with Crippen LogP contribution in [0.15, 0.2) is 48.5 Å². The predicted molar refractivity (Wildman–Crippen MR) is 94.7 cm³/mol. The molecule has 0 saturated heterocycles. The van der Waals surface area contributed by atoms with Gasteiger partial charge in [0.15, 0.2) is 5.11 Å². The third kappa shape index (κ3) is 4.30. The zero-order valence-corrected chi connectivity index (χ0v) is 13.6. The number of rotatable bonds is 4. The summed E-state index contributed by atoms with van der Waals surface area (Å²) in [6.07, 6.45) is 0.987. The van der Waals surface area contributed by atoms with Crippen molar-refractivity contribution in [1.29, 1.82) is 0 Å². The molecule has 2 N–H and O–H groups in total. The van der Waals surface area contributed by atoms with E-state index in [2.05, 4.69) is 67.8 Å². The van der Waals surface area contributed by atoms with Crippen LogP contribution in [0.5, 0.6) is 0 Å². The minimum atomic E-state index is 0.232. The van der Waals surface area contributed by atoms with Gasteiger partial charge in [-0.05, 0) is 61.3 Å². The lowest BCUT2D eigenvalue weighted by atomic mass is 10.00. The van der Waals surface area contributed by atoms with E-state index in [0.29, 0.717) is 5.11 Å². The molecule has 3 heteroatoms. The molecule has 0 heterocycles. The Morgan fingerprint density at radius 1 is 1.10 bits per heavy atom. The van der Waals surface area contributed by atoms with Crippen molar-refractivity contribution in [3.63, 3.8) is 0 Å². The highest BCUT2D eigenvalue weighted by Gasteiger charge is 2.12. The predicted octanol–water partition coefficient (Wildman–Crippen LogP) is 4.74. The maximum absolute atomic E-state index is 5.44. The van der Waals surface area contributed by atoms with Gasteiger partial charge in [0.1, 0.15) is 0 Å². The summed E-state index contributed by atoms with van der Waals surface area (Å²) in [5.41, 5.74) is 4.82. The highest BCUT2D eigenvalue weighted by Crippen LogP contribution is 2.20. The van der Waals surface area contributed by atoms with Gasteiger partial charge < -0.3 is 10.6 Å². The van der Waals surface area contributed by atoms with E-state index in [4.69, 9.17) is 12.2 Å². The maximum Gasteiger partial charge on any atom is 0.171 e. The molecule has 2 nitrogen and oxygen atoms in total. The van der Waals surface area contributed by atoms with Crippen LogP contribution < -0.4 is 10.6 Å². The number of thiocarbonyl (C=S) groups is 1. The van der Waals surface area contributed by atoms with E-state index in [1.807, 2.05) is 12.1 Å². The first-order valence-corrected chi connectivity index (χ1v) is 7.70. The van der Waals surface area contributed by atoms with E-state index >= 15 is 0 Å². The standard InChI is InChI=1S/C18H22N2S/c1-4-17(16-11-6-5-9-14(16)3)20-18(21)19-15-10-7-8-13(2)12-15/h5-12,17H,4H2,1-3H3,(H2,19,20,21). The first-order valence-electron chi connectivity index (χ1n) is 7.30. The topological polar surface area (TPSA) is 24.1 Å². The smallest absolute Gasteiger partial charge is 0.171 e. The molecule has 21 heavy (non-hydrogen) atoms. The van der Waals surface area contributed by atoms with Gasteiger partial charge in [0.2, 0.25) is 0 Å². The van der Waals surface area contributed by atoms with E-state index in [-0.39, 0.29) is 6.04 Å². The van der Waals surface area contributed by atoms with Crippen LogP contribution in [0.2, 0.25) is 0 Å². The summed E-state index contributed by atoms with van der Waals surface area (Å²) in [4.78, 5) is 0. The third-order valence-electron chi connectivity index (χ3n) is 3.55. The SMILES string of the molecule is CCC(NC(=S)Nc1cccc(C)c1)c1ccccc1C. The zero-order chi connectivity index (χ0) is 15.2. The van der Waals surface area contributed by atoms with Crippen LogP contribution in [0, 0.1) is 13.8 Å². The Bertz CT molecular complexity index is 622. The molecule has 0 aliphatic carbocycles. The molecule has 0 aliphatic heterocycles. The highest BCUT2D eigenvalue weighted by molar-refractivity contribution is 7.80. The number of anilines is 1. The third-order valence-corrected chi connectivity index (χ3v) is 3.77. The van der Waals surface area contributed by atoms with E-state index in [0.717, 1.165) is 12.1 Å². The largest absolute Gasteiger partial charge is 0.356 e. The molecule has 0 radical (unpaired) electrons. The molecule has 110 valence electrons. The van der Waals surface area contributed by atoms with Crippen molar-refractivity contribution in [1.82, 2.24) is 5.32 Å². The van der Waals surface area contributed by atoms with Crippen LogP contribution in [0.25, 0.3) is 0 Å². The summed E-state index contributed by atoms with van der Waals surface area (Å²) < 4.78 is 0. The Hall–Kier alpha value is -1.87. The Kier molecular flexibility index (Phi) is 5.34. The molecule has 2 aromatic carbocycles. The summed E-state index contributed by atoms with van der Waals surface area (Å²) in [6.45, 7) is 6.37. The molecule has 2 rings (SSSR count). The Morgan fingerprint density at radius 2 is 1.86 bits per heavy atom. The van der Waals surface area contributed by atoms with Gasteiger partial charge in [0, 0.05) is 5.69 Å². The summed E-state index contributed by atoms with van der Waals surface area (Å²) in [6, 6.07) is 16.9. The van der Waals surface area contributed by atoms with Gasteiger partial charge >= 0.3 is 0 Å². The average molecular weight is 298 g/mol. The lowest BCUT2D eigenvalue weighted by Crippen LogP contribution is -2.32. The molecule has 1 unspecified atom stereocenters. The first-order chi connectivity index (χ1) is 10.1. The number of hydrogen-bond donors (Lipinski definition) is 2. The normalized spacial score (nSPS) is 11.8. The van der Waals surface area contributed by atoms with Crippen LogP contribution in [-0.4, -0.2) is 5.11 Å². The second-order valence-corrected chi connectivity index (χ2v) is 5.69. The van der Waals surface area contributed by atoms with E-state index in [1.165, 1.54) is 16.7 Å². The lowest BCUT2D eigenvalue weighted by molar-refractivity contribution is 0.625. The fourth-order valence-electron chi connectivity index (χ4n) is 2.43. The first kappa shape index (κ1) is 15.5. The molecule has 0 saturated carbocycles. The Morgan fingerprint density at radius 3 is 2.52 bits per heavy atom. The summed E-state index contributed by atoms with van der Waals surface area (Å²) in [5, 5.41) is 7.33. The maximum atomic E-state index is 5.44. The van der Waals surface area contributed by atoms with Gasteiger partial charge in [-0.2, -0.15) is 0 Å².